The molecule has 7 aromatic carbocycles. The molecule has 59 heavy (non-hydrogen) atoms. The van der Waals surface area contributed by atoms with Gasteiger partial charge in [-0.2, -0.15) is 0 Å². The van der Waals surface area contributed by atoms with Crippen LogP contribution in [0.3, 0.4) is 0 Å². The molecule has 0 amide bonds. The van der Waals surface area contributed by atoms with E-state index in [-0.39, 0.29) is 20.1 Å². The molecule has 0 saturated heterocycles. The summed E-state index contributed by atoms with van der Waals surface area (Å²) < 4.78 is 9.10. The minimum Gasteiger partial charge on any atom is -0.501 e. The predicted octanol–water partition coefficient (Wildman–Crippen LogP) is 14.0. The molecule has 10 aromatic rings. The van der Waals surface area contributed by atoms with E-state index in [0.29, 0.717) is 11.8 Å². The molecule has 0 aliphatic carbocycles. The van der Waals surface area contributed by atoms with Crippen molar-refractivity contribution in [3.63, 3.8) is 0 Å². The van der Waals surface area contributed by atoms with Gasteiger partial charge in [0, 0.05) is 37.4 Å². The van der Waals surface area contributed by atoms with Gasteiger partial charge in [0.05, 0.1) is 30.5 Å². The van der Waals surface area contributed by atoms with E-state index < -0.39 is 8.07 Å². The van der Waals surface area contributed by atoms with Crippen molar-refractivity contribution in [2.24, 2.45) is 0 Å². The number of imidazole rings is 1. The van der Waals surface area contributed by atoms with Gasteiger partial charge in [-0.3, -0.25) is 4.98 Å². The summed E-state index contributed by atoms with van der Waals surface area (Å²) >= 11 is 0. The maximum atomic E-state index is 6.75. The van der Waals surface area contributed by atoms with Crippen LogP contribution in [0.5, 0.6) is 0 Å². The van der Waals surface area contributed by atoms with Gasteiger partial charge in [0.2, 0.25) is 0 Å². The van der Waals surface area contributed by atoms with Gasteiger partial charge >= 0.3 is 0 Å². The Balaban J connectivity index is 0.000000240. The zero-order valence-electron chi connectivity index (χ0n) is 34.6. The van der Waals surface area contributed by atoms with Gasteiger partial charge in [-0.25, -0.2) is 0 Å². The molecule has 0 aliphatic rings. The number of pyridine rings is 1. The van der Waals surface area contributed by atoms with Crippen LogP contribution < -0.4 is 5.19 Å². The number of furan rings is 1. The van der Waals surface area contributed by atoms with Crippen molar-refractivity contribution in [1.29, 1.82) is 0 Å². The molecule has 0 unspecified atom stereocenters. The Kier molecular flexibility index (Phi) is 11.0. The van der Waals surface area contributed by atoms with E-state index in [1.165, 1.54) is 43.5 Å². The second-order valence-corrected chi connectivity index (χ2v) is 21.9. The molecule has 6 heteroatoms. The average Bonchev–Trinajstić information content (AvgIpc) is 3.81. The Bertz CT molecular complexity index is 3080. The molecule has 4 nitrogen and oxygen atoms in total. The topological polar surface area (TPSA) is 43.9 Å². The van der Waals surface area contributed by atoms with Gasteiger partial charge in [0.15, 0.2) is 0 Å². The van der Waals surface area contributed by atoms with Crippen LogP contribution in [0, 0.1) is 12.1 Å². The summed E-state index contributed by atoms with van der Waals surface area (Å²) in [6.07, 6.45) is 2.02. The van der Waals surface area contributed by atoms with Gasteiger partial charge in [0.1, 0.15) is 5.58 Å². The van der Waals surface area contributed by atoms with Crippen molar-refractivity contribution in [3.05, 3.63) is 169 Å². The number of hydrogen-bond donors (Lipinski definition) is 0. The normalized spacial score (nSPS) is 11.8. The van der Waals surface area contributed by atoms with E-state index in [0.717, 1.165) is 55.6 Å². The molecule has 1 radical (unpaired) electrons. The Hall–Kier alpha value is -5.65. The number of para-hydroxylation sites is 3. The predicted molar refractivity (Wildman–Crippen MR) is 247 cm³/mol. The molecular formula is C53H47IrN3OSi-2. The molecule has 0 N–H and O–H groups in total. The average molecular weight is 962 g/mol. The van der Waals surface area contributed by atoms with Gasteiger partial charge in [-0.05, 0) is 79.7 Å². The third-order valence-corrected chi connectivity index (χ3v) is 13.3. The van der Waals surface area contributed by atoms with Crippen LogP contribution in [0.25, 0.3) is 82.8 Å². The first-order chi connectivity index (χ1) is 28.1. The van der Waals surface area contributed by atoms with Crippen LogP contribution in [0.4, 0.5) is 0 Å². The molecule has 3 heterocycles. The van der Waals surface area contributed by atoms with Crippen molar-refractivity contribution in [3.8, 4) is 28.3 Å². The maximum absolute atomic E-state index is 6.75. The van der Waals surface area contributed by atoms with Crippen molar-refractivity contribution in [2.75, 3.05) is 0 Å². The number of aromatic nitrogens is 3. The quantitative estimate of drug-likeness (QED) is 0.0947. The minimum absolute atomic E-state index is 0. The fourth-order valence-electron chi connectivity index (χ4n) is 8.15. The van der Waals surface area contributed by atoms with Crippen LogP contribution >= 0.6 is 0 Å². The summed E-state index contributed by atoms with van der Waals surface area (Å²) in [5, 5.41) is 8.45. The molecule has 0 aliphatic heterocycles. The van der Waals surface area contributed by atoms with E-state index >= 15 is 0 Å². The second-order valence-electron chi connectivity index (χ2n) is 16.9. The van der Waals surface area contributed by atoms with E-state index in [9.17, 15) is 0 Å². The second kappa shape index (κ2) is 16.2. The summed E-state index contributed by atoms with van der Waals surface area (Å²) in [5.74, 6) is 1.55. The van der Waals surface area contributed by atoms with Crippen LogP contribution in [0.15, 0.2) is 150 Å². The number of nitrogens with zero attached hydrogens (tertiary/aromatic N) is 3. The maximum Gasteiger partial charge on any atom is 0.121 e. The molecule has 0 saturated carbocycles. The number of fused-ring (bicyclic) bond motifs is 7. The first-order valence-electron chi connectivity index (χ1n) is 20.3. The van der Waals surface area contributed by atoms with Crippen molar-refractivity contribution in [1.82, 2.24) is 14.5 Å². The first-order valence-corrected chi connectivity index (χ1v) is 23.8. The molecule has 3 aromatic heterocycles. The van der Waals surface area contributed by atoms with E-state index in [1.807, 2.05) is 36.5 Å². The number of hydrogen-bond acceptors (Lipinski definition) is 3. The first kappa shape index (κ1) is 40.1. The van der Waals surface area contributed by atoms with Gasteiger partial charge < -0.3 is 14.0 Å². The minimum atomic E-state index is -1.23. The summed E-state index contributed by atoms with van der Waals surface area (Å²) in [6, 6.07) is 55.6. The molecule has 0 bridgehead atoms. The van der Waals surface area contributed by atoms with Gasteiger partial charge in [0.25, 0.3) is 0 Å². The summed E-state index contributed by atoms with van der Waals surface area (Å²) in [5.41, 5.74) is 10.5. The van der Waals surface area contributed by atoms with Crippen LogP contribution in [0.1, 0.15) is 50.7 Å². The van der Waals surface area contributed by atoms with Crippen molar-refractivity contribution in [2.45, 2.75) is 59.2 Å². The standard InChI is InChI=1S/C39H31N2O.C14H16NSi.Ir/c1-23(2)27-13-9-14-28(24(3)4)37(27)41-35-18-8-7-17-34(35)40-39(41)31-16-10-15-30-33-21-26-20-19-25-11-5-6-12-29(25)32(26)22-36(33)42-38(30)31;1-16(2,3)13-9-10-14(15-11-13)12-7-5-4-6-8-12;/h5-15,17-24H,1-4H3;4-7,9-11H,1-3H3;/q2*-1;. The number of rotatable bonds is 6. The fourth-order valence-corrected chi connectivity index (χ4v) is 9.18. The van der Waals surface area contributed by atoms with E-state index in [4.69, 9.17) is 9.40 Å². The largest absolute Gasteiger partial charge is 0.501 e. The fraction of sp³-hybridized carbons (Fsp3) is 0.170. The smallest absolute Gasteiger partial charge is 0.121 e. The molecule has 0 spiro atoms. The molecule has 295 valence electrons. The van der Waals surface area contributed by atoms with Gasteiger partial charge in [-0.1, -0.05) is 137 Å². The third-order valence-electron chi connectivity index (χ3n) is 11.3. The Labute approximate surface area is 361 Å². The zero-order chi connectivity index (χ0) is 40.1. The van der Waals surface area contributed by atoms with Crippen LogP contribution in [0.2, 0.25) is 19.6 Å². The van der Waals surface area contributed by atoms with Crippen LogP contribution in [-0.2, 0) is 20.1 Å². The van der Waals surface area contributed by atoms with Crippen molar-refractivity contribution >= 4 is 67.8 Å². The molecule has 0 fully saturated rings. The molecule has 10 rings (SSSR count). The van der Waals surface area contributed by atoms with Crippen molar-refractivity contribution < 1.29 is 24.5 Å². The number of benzene rings is 7. The monoisotopic (exact) mass is 962 g/mol. The van der Waals surface area contributed by atoms with Crippen LogP contribution in [-0.4, -0.2) is 22.6 Å². The third kappa shape index (κ3) is 7.46. The molecule has 0 atom stereocenters. The van der Waals surface area contributed by atoms with Gasteiger partial charge in [-0.15, -0.1) is 54.1 Å². The summed E-state index contributed by atoms with van der Waals surface area (Å²) in [6.45, 7) is 16.1. The zero-order valence-corrected chi connectivity index (χ0v) is 38.0. The van der Waals surface area contributed by atoms with E-state index in [2.05, 4.69) is 178 Å². The molecular weight excluding hydrogens is 915 g/mol. The Morgan fingerprint density at radius 3 is 2.07 bits per heavy atom. The Morgan fingerprint density at radius 1 is 0.627 bits per heavy atom. The summed E-state index contributed by atoms with van der Waals surface area (Å²) in [4.78, 5) is 9.77. The summed E-state index contributed by atoms with van der Waals surface area (Å²) in [7, 11) is -1.23. The SMILES string of the molecule is CC(C)c1cccc(C(C)C)c1-n1c(-c2[c-]ccc3c2oc2cc4c(ccc5ccccc54)cc23)nc2ccccc21.C[Si](C)(C)c1ccc(-c2[c-]cccc2)nc1.[Ir]. The Morgan fingerprint density at radius 2 is 1.36 bits per heavy atom. The van der Waals surface area contributed by atoms with E-state index in [1.54, 1.807) is 0 Å².